The van der Waals surface area contributed by atoms with E-state index in [4.69, 9.17) is 16.3 Å². The Morgan fingerprint density at radius 3 is 2.65 bits per heavy atom. The molecular formula is C15H15ClINO2. The van der Waals surface area contributed by atoms with E-state index in [-0.39, 0.29) is 6.61 Å². The first-order chi connectivity index (χ1) is 9.63. The Hall–Kier alpha value is -0.980. The number of anilines is 1. The summed E-state index contributed by atoms with van der Waals surface area (Å²) in [6.45, 7) is 0.652. The average molecular weight is 404 g/mol. The fraction of sp³-hybridized carbons (Fsp3) is 0.200. The van der Waals surface area contributed by atoms with Crippen LogP contribution in [0.5, 0.6) is 5.75 Å². The highest BCUT2D eigenvalue weighted by Gasteiger charge is 2.05. The van der Waals surface area contributed by atoms with Crippen molar-refractivity contribution in [2.45, 2.75) is 6.10 Å². The number of hydrogen-bond acceptors (Lipinski definition) is 3. The summed E-state index contributed by atoms with van der Waals surface area (Å²) in [5, 5.41) is 13.7. The number of aliphatic hydroxyl groups excluding tert-OH is 1. The van der Waals surface area contributed by atoms with Crippen molar-refractivity contribution < 1.29 is 9.84 Å². The number of nitrogens with one attached hydrogen (secondary N) is 1. The molecular weight excluding hydrogens is 389 g/mol. The summed E-state index contributed by atoms with van der Waals surface area (Å²) in [7, 11) is 0. The summed E-state index contributed by atoms with van der Waals surface area (Å²) in [5.41, 5.74) is 0.880. The van der Waals surface area contributed by atoms with Crippen LogP contribution in [0.15, 0.2) is 48.5 Å². The highest BCUT2D eigenvalue weighted by molar-refractivity contribution is 14.1. The Balaban J connectivity index is 1.75. The van der Waals surface area contributed by atoms with E-state index in [1.54, 1.807) is 0 Å². The molecule has 5 heteroatoms. The molecule has 1 atom stereocenters. The minimum absolute atomic E-state index is 0.244. The van der Waals surface area contributed by atoms with Gasteiger partial charge in [0.25, 0.3) is 0 Å². The van der Waals surface area contributed by atoms with Gasteiger partial charge in [-0.2, -0.15) is 0 Å². The number of benzene rings is 2. The van der Waals surface area contributed by atoms with Crippen LogP contribution in [0.4, 0.5) is 5.69 Å². The number of aliphatic hydroxyl groups is 1. The van der Waals surface area contributed by atoms with E-state index < -0.39 is 6.10 Å². The van der Waals surface area contributed by atoms with Gasteiger partial charge < -0.3 is 15.2 Å². The summed E-state index contributed by atoms with van der Waals surface area (Å²) >= 11 is 8.12. The van der Waals surface area contributed by atoms with Crippen molar-refractivity contribution in [1.29, 1.82) is 0 Å². The van der Waals surface area contributed by atoms with Crippen LogP contribution >= 0.6 is 34.2 Å². The molecule has 0 radical (unpaired) electrons. The van der Waals surface area contributed by atoms with E-state index in [9.17, 15) is 5.11 Å². The molecule has 2 rings (SSSR count). The SMILES string of the molecule is OC(CNc1cccc(Cl)c1)COc1ccc(I)cc1. The van der Waals surface area contributed by atoms with E-state index >= 15 is 0 Å². The van der Waals surface area contributed by atoms with Gasteiger partial charge in [-0.1, -0.05) is 17.7 Å². The second-order valence-electron chi connectivity index (χ2n) is 4.31. The molecule has 20 heavy (non-hydrogen) atoms. The van der Waals surface area contributed by atoms with Gasteiger partial charge in [-0.25, -0.2) is 0 Å². The minimum Gasteiger partial charge on any atom is -0.491 e. The fourth-order valence-electron chi connectivity index (χ4n) is 1.62. The molecule has 1 unspecified atom stereocenters. The van der Waals surface area contributed by atoms with Crippen LogP contribution in [0.1, 0.15) is 0 Å². The van der Waals surface area contributed by atoms with Gasteiger partial charge in [0.15, 0.2) is 0 Å². The zero-order valence-corrected chi connectivity index (χ0v) is 13.6. The molecule has 0 saturated heterocycles. The second kappa shape index (κ2) is 7.71. The Bertz CT molecular complexity index is 548. The van der Waals surface area contributed by atoms with Crippen LogP contribution in [0.2, 0.25) is 5.02 Å². The van der Waals surface area contributed by atoms with Crippen LogP contribution in [-0.2, 0) is 0 Å². The van der Waals surface area contributed by atoms with Gasteiger partial charge in [-0.15, -0.1) is 0 Å². The van der Waals surface area contributed by atoms with Crippen LogP contribution in [0.3, 0.4) is 0 Å². The van der Waals surface area contributed by atoms with Crippen molar-refractivity contribution in [3.8, 4) is 5.75 Å². The predicted molar refractivity (Wildman–Crippen MR) is 90.6 cm³/mol. The van der Waals surface area contributed by atoms with Crippen LogP contribution < -0.4 is 10.1 Å². The lowest BCUT2D eigenvalue weighted by Gasteiger charge is -2.14. The lowest BCUT2D eigenvalue weighted by Crippen LogP contribution is -2.26. The molecule has 2 aromatic carbocycles. The van der Waals surface area contributed by atoms with Crippen LogP contribution in [0.25, 0.3) is 0 Å². The maximum Gasteiger partial charge on any atom is 0.119 e. The standard InChI is InChI=1S/C15H15ClINO2/c16-11-2-1-3-13(8-11)18-9-14(19)10-20-15-6-4-12(17)5-7-15/h1-8,14,18-19H,9-10H2. The third kappa shape index (κ3) is 5.19. The number of hydrogen-bond donors (Lipinski definition) is 2. The van der Waals surface area contributed by atoms with Crippen molar-refractivity contribution in [3.63, 3.8) is 0 Å². The van der Waals surface area contributed by atoms with Gasteiger partial charge in [-0.3, -0.25) is 0 Å². The minimum atomic E-state index is -0.590. The van der Waals surface area contributed by atoms with Crippen molar-refractivity contribution in [3.05, 3.63) is 57.1 Å². The van der Waals surface area contributed by atoms with Gasteiger partial charge >= 0.3 is 0 Å². The smallest absolute Gasteiger partial charge is 0.119 e. The van der Waals surface area contributed by atoms with Crippen molar-refractivity contribution in [2.24, 2.45) is 0 Å². The summed E-state index contributed by atoms with van der Waals surface area (Å²) in [5.74, 6) is 0.757. The third-order valence-electron chi connectivity index (χ3n) is 2.62. The Morgan fingerprint density at radius 1 is 1.20 bits per heavy atom. The molecule has 2 N–H and O–H groups in total. The van der Waals surface area contributed by atoms with Gasteiger partial charge in [0.2, 0.25) is 0 Å². The van der Waals surface area contributed by atoms with Gasteiger partial charge in [0, 0.05) is 20.8 Å². The largest absolute Gasteiger partial charge is 0.491 e. The monoisotopic (exact) mass is 403 g/mol. The van der Waals surface area contributed by atoms with Crippen LogP contribution in [-0.4, -0.2) is 24.4 Å². The molecule has 0 aliphatic carbocycles. The zero-order valence-electron chi connectivity index (χ0n) is 10.7. The van der Waals surface area contributed by atoms with Gasteiger partial charge in [0.05, 0.1) is 0 Å². The molecule has 3 nitrogen and oxygen atoms in total. The highest BCUT2D eigenvalue weighted by Crippen LogP contribution is 2.15. The normalized spacial score (nSPS) is 11.9. The van der Waals surface area contributed by atoms with Gasteiger partial charge in [-0.05, 0) is 65.1 Å². The predicted octanol–water partition coefficient (Wildman–Crippen LogP) is 3.80. The van der Waals surface area contributed by atoms with Gasteiger partial charge in [0.1, 0.15) is 18.5 Å². The molecule has 0 aliphatic heterocycles. The molecule has 0 fully saturated rings. The van der Waals surface area contributed by atoms with Crippen molar-refractivity contribution in [1.82, 2.24) is 0 Å². The first-order valence-electron chi connectivity index (χ1n) is 6.19. The molecule has 0 aliphatic rings. The first-order valence-corrected chi connectivity index (χ1v) is 7.65. The van der Waals surface area contributed by atoms with E-state index in [2.05, 4.69) is 27.9 Å². The van der Waals surface area contributed by atoms with E-state index in [0.29, 0.717) is 11.6 Å². The zero-order chi connectivity index (χ0) is 14.4. The summed E-state index contributed by atoms with van der Waals surface area (Å²) in [6.07, 6.45) is -0.590. The third-order valence-corrected chi connectivity index (χ3v) is 3.58. The molecule has 0 heterocycles. The maximum atomic E-state index is 9.87. The molecule has 0 bridgehead atoms. The lowest BCUT2D eigenvalue weighted by atomic mass is 10.3. The molecule has 106 valence electrons. The topological polar surface area (TPSA) is 41.5 Å². The maximum absolute atomic E-state index is 9.87. The fourth-order valence-corrected chi connectivity index (χ4v) is 2.17. The molecule has 2 aromatic rings. The average Bonchev–Trinajstić information content (AvgIpc) is 2.45. The Kier molecular flexibility index (Phi) is 5.94. The highest BCUT2D eigenvalue weighted by atomic mass is 127. The summed E-state index contributed by atoms with van der Waals surface area (Å²) < 4.78 is 6.67. The quantitative estimate of drug-likeness (QED) is 0.721. The molecule has 0 saturated carbocycles. The van der Waals surface area contributed by atoms with E-state index in [1.165, 1.54) is 0 Å². The number of halogens is 2. The second-order valence-corrected chi connectivity index (χ2v) is 5.99. The van der Waals surface area contributed by atoms with E-state index in [0.717, 1.165) is 15.0 Å². The summed E-state index contributed by atoms with van der Waals surface area (Å²) in [6, 6.07) is 15.1. The van der Waals surface area contributed by atoms with Crippen LogP contribution in [0, 0.1) is 3.57 Å². The molecule has 0 amide bonds. The lowest BCUT2D eigenvalue weighted by molar-refractivity contribution is 0.117. The van der Waals surface area contributed by atoms with Crippen molar-refractivity contribution >= 4 is 39.9 Å². The number of ether oxygens (including phenoxy) is 1. The molecule has 0 spiro atoms. The van der Waals surface area contributed by atoms with E-state index in [1.807, 2.05) is 48.5 Å². The Morgan fingerprint density at radius 2 is 1.95 bits per heavy atom. The first kappa shape index (κ1) is 15.4. The summed E-state index contributed by atoms with van der Waals surface area (Å²) in [4.78, 5) is 0. The molecule has 0 aromatic heterocycles. The Labute approximate surface area is 137 Å². The van der Waals surface area contributed by atoms with Crippen molar-refractivity contribution in [2.75, 3.05) is 18.5 Å². The number of rotatable bonds is 6.